The van der Waals surface area contributed by atoms with Gasteiger partial charge < -0.3 is 4.74 Å². The lowest BCUT2D eigenvalue weighted by atomic mass is 10.4. The van der Waals surface area contributed by atoms with Gasteiger partial charge in [0, 0.05) is 0 Å². The van der Waals surface area contributed by atoms with Crippen LogP contribution in [0, 0.1) is 0 Å². The maximum absolute atomic E-state index is 10.8. The van der Waals surface area contributed by atoms with Crippen LogP contribution < -0.4 is 0 Å². The Morgan fingerprint density at radius 1 is 1.78 bits per heavy atom. The fourth-order valence-corrected chi connectivity index (χ4v) is 0.905. The summed E-state index contributed by atoms with van der Waals surface area (Å²) in [5.41, 5.74) is 0. The van der Waals surface area contributed by atoms with E-state index in [0.717, 1.165) is 12.8 Å². The number of alkyl halides is 2. The van der Waals surface area contributed by atoms with Gasteiger partial charge in [-0.05, 0) is 12.8 Å². The van der Waals surface area contributed by atoms with E-state index in [1.165, 1.54) is 0 Å². The highest BCUT2D eigenvalue weighted by atomic mass is 79.9. The van der Waals surface area contributed by atoms with Crippen LogP contribution in [0.25, 0.3) is 0 Å². The minimum absolute atomic E-state index is 0.0494. The smallest absolute Gasteiger partial charge is 0.324 e. The summed E-state index contributed by atoms with van der Waals surface area (Å²) in [6.07, 6.45) is 1.73. The Morgan fingerprint density at radius 2 is 2.33 bits per heavy atom. The molecule has 0 aliphatic heterocycles. The summed E-state index contributed by atoms with van der Waals surface area (Å²) in [6.45, 7) is 0. The van der Waals surface area contributed by atoms with E-state index in [2.05, 4.69) is 20.7 Å². The summed E-state index contributed by atoms with van der Waals surface area (Å²) in [5, 5.41) is 0. The van der Waals surface area contributed by atoms with Crippen molar-refractivity contribution >= 4 is 33.5 Å². The summed E-state index contributed by atoms with van der Waals surface area (Å²) < 4.78 is 4.18. The van der Waals surface area contributed by atoms with Gasteiger partial charge in [0.15, 0.2) is 6.07 Å². The average molecular weight is 213 g/mol. The predicted molar refractivity (Wildman–Crippen MR) is 37.7 cm³/mol. The summed E-state index contributed by atoms with van der Waals surface area (Å²) in [6, 6.07) is -0.0494. The second kappa shape index (κ2) is 2.46. The van der Waals surface area contributed by atoms with Crippen LogP contribution in [0.5, 0.6) is 0 Å². The van der Waals surface area contributed by atoms with Crippen LogP contribution in [0.1, 0.15) is 12.8 Å². The van der Waals surface area contributed by atoms with E-state index < -0.39 is 0 Å². The van der Waals surface area contributed by atoms with Gasteiger partial charge in [-0.3, -0.25) is 4.79 Å². The predicted octanol–water partition coefficient (Wildman–Crippen LogP) is 1.65. The molecule has 9 heavy (non-hydrogen) atoms. The van der Waals surface area contributed by atoms with E-state index in [0.29, 0.717) is 0 Å². The Morgan fingerprint density at radius 3 is 2.67 bits per heavy atom. The molecule has 1 saturated carbocycles. The van der Waals surface area contributed by atoms with Crippen molar-refractivity contribution in [3.8, 4) is 0 Å². The number of esters is 1. The fraction of sp³-hybridized carbons (Fsp3) is 0.800. The quantitative estimate of drug-likeness (QED) is 0.515. The van der Waals surface area contributed by atoms with Gasteiger partial charge in [0.1, 0.15) is 4.32 Å². The van der Waals surface area contributed by atoms with Gasteiger partial charge in [0.25, 0.3) is 0 Å². The molecule has 0 unspecified atom stereocenters. The Kier molecular flexibility index (Phi) is 2.01. The van der Waals surface area contributed by atoms with Crippen LogP contribution in [0.3, 0.4) is 0 Å². The summed E-state index contributed by atoms with van der Waals surface area (Å²) >= 11 is 8.39. The van der Waals surface area contributed by atoms with Gasteiger partial charge in [0.2, 0.25) is 0 Å². The SMILES string of the molecule is O=C(OCCl)C1(Br)CC1. The average Bonchev–Trinajstić information content (AvgIpc) is 2.50. The largest absolute Gasteiger partial charge is 0.448 e. The highest BCUT2D eigenvalue weighted by Gasteiger charge is 2.48. The first kappa shape index (κ1) is 7.35. The summed E-state index contributed by atoms with van der Waals surface area (Å²) in [7, 11) is 0. The number of carbonyl (C=O) groups is 1. The second-order valence-corrected chi connectivity index (χ2v) is 3.74. The van der Waals surface area contributed by atoms with Gasteiger partial charge in [0.05, 0.1) is 0 Å². The highest BCUT2D eigenvalue weighted by molar-refractivity contribution is 9.10. The van der Waals surface area contributed by atoms with E-state index in [1.54, 1.807) is 0 Å². The molecule has 0 aromatic rings. The zero-order chi connectivity index (χ0) is 6.91. The molecule has 0 spiro atoms. The second-order valence-electron chi connectivity index (χ2n) is 2.01. The summed E-state index contributed by atoms with van der Waals surface area (Å²) in [4.78, 5) is 10.8. The maximum atomic E-state index is 10.8. The van der Waals surface area contributed by atoms with Gasteiger partial charge in [-0.25, -0.2) is 0 Å². The molecule has 0 N–H and O–H groups in total. The van der Waals surface area contributed by atoms with E-state index in [-0.39, 0.29) is 16.4 Å². The molecule has 0 saturated heterocycles. The molecule has 1 aliphatic carbocycles. The molecular formula is C5H6BrClO2. The van der Waals surface area contributed by atoms with Crippen molar-refractivity contribution in [2.24, 2.45) is 0 Å². The maximum Gasteiger partial charge on any atom is 0.324 e. The van der Waals surface area contributed by atoms with Crippen molar-refractivity contribution in [1.29, 1.82) is 0 Å². The molecule has 0 aromatic carbocycles. The highest BCUT2D eigenvalue weighted by Crippen LogP contribution is 2.45. The molecule has 0 amide bonds. The lowest BCUT2D eigenvalue weighted by Gasteiger charge is -2.02. The first-order chi connectivity index (χ1) is 4.19. The first-order valence-electron chi connectivity index (χ1n) is 2.61. The van der Waals surface area contributed by atoms with Crippen molar-refractivity contribution in [3.63, 3.8) is 0 Å². The Hall–Kier alpha value is 0.240. The van der Waals surface area contributed by atoms with E-state index >= 15 is 0 Å². The third-order valence-electron chi connectivity index (χ3n) is 1.24. The van der Waals surface area contributed by atoms with E-state index in [4.69, 9.17) is 11.6 Å². The van der Waals surface area contributed by atoms with Crippen molar-refractivity contribution in [1.82, 2.24) is 0 Å². The Bertz CT molecular complexity index is 133. The van der Waals surface area contributed by atoms with Crippen molar-refractivity contribution in [3.05, 3.63) is 0 Å². The number of ether oxygens (including phenoxy) is 1. The lowest BCUT2D eigenvalue weighted by Crippen LogP contribution is -2.17. The van der Waals surface area contributed by atoms with Crippen LogP contribution >= 0.6 is 27.5 Å². The molecule has 0 aromatic heterocycles. The van der Waals surface area contributed by atoms with Gasteiger partial charge >= 0.3 is 5.97 Å². The van der Waals surface area contributed by atoms with Crippen LogP contribution in [-0.4, -0.2) is 16.4 Å². The number of hydrogen-bond donors (Lipinski definition) is 0. The molecule has 1 rings (SSSR count). The molecule has 4 heteroatoms. The number of hydrogen-bond acceptors (Lipinski definition) is 2. The van der Waals surface area contributed by atoms with Crippen molar-refractivity contribution in [2.75, 3.05) is 6.07 Å². The molecule has 2 nitrogen and oxygen atoms in total. The molecular weight excluding hydrogens is 207 g/mol. The van der Waals surface area contributed by atoms with E-state index in [1.807, 2.05) is 0 Å². The molecule has 0 bridgehead atoms. The third-order valence-corrected chi connectivity index (χ3v) is 2.47. The van der Waals surface area contributed by atoms with Crippen molar-refractivity contribution in [2.45, 2.75) is 17.2 Å². The van der Waals surface area contributed by atoms with Crippen LogP contribution in [0.15, 0.2) is 0 Å². The monoisotopic (exact) mass is 212 g/mol. The van der Waals surface area contributed by atoms with Crippen LogP contribution in [0.2, 0.25) is 0 Å². The molecule has 0 heterocycles. The number of carbonyl (C=O) groups excluding carboxylic acids is 1. The normalized spacial score (nSPS) is 21.1. The Balaban J connectivity index is 2.34. The zero-order valence-corrected chi connectivity index (χ0v) is 7.04. The first-order valence-corrected chi connectivity index (χ1v) is 3.94. The summed E-state index contributed by atoms with van der Waals surface area (Å²) in [5.74, 6) is -0.238. The number of rotatable bonds is 2. The molecule has 1 fully saturated rings. The van der Waals surface area contributed by atoms with Gasteiger partial charge in [-0.15, -0.1) is 0 Å². The zero-order valence-electron chi connectivity index (χ0n) is 4.69. The minimum Gasteiger partial charge on any atom is -0.448 e. The van der Waals surface area contributed by atoms with Crippen LogP contribution in [-0.2, 0) is 9.53 Å². The standard InChI is InChI=1S/C5H6BrClO2/c6-5(1-2-5)4(8)9-3-7/h1-3H2. The van der Waals surface area contributed by atoms with Crippen LogP contribution in [0.4, 0.5) is 0 Å². The van der Waals surface area contributed by atoms with Gasteiger partial charge in [-0.2, -0.15) is 0 Å². The molecule has 0 radical (unpaired) electrons. The Labute approximate surface area is 66.6 Å². The van der Waals surface area contributed by atoms with E-state index in [9.17, 15) is 4.79 Å². The van der Waals surface area contributed by atoms with Crippen molar-refractivity contribution < 1.29 is 9.53 Å². The number of halogens is 2. The molecule has 1 aliphatic rings. The minimum atomic E-state index is -0.373. The topological polar surface area (TPSA) is 26.3 Å². The van der Waals surface area contributed by atoms with Gasteiger partial charge in [-0.1, -0.05) is 27.5 Å². The lowest BCUT2D eigenvalue weighted by molar-refractivity contribution is -0.141. The molecule has 0 atom stereocenters. The third kappa shape index (κ3) is 1.58. The molecule has 52 valence electrons. The fourth-order valence-electron chi connectivity index (χ4n) is 0.493.